The van der Waals surface area contributed by atoms with Crippen molar-refractivity contribution >= 4 is 10.0 Å². The molecule has 0 saturated heterocycles. The molecule has 0 unspecified atom stereocenters. The summed E-state index contributed by atoms with van der Waals surface area (Å²) in [5.74, 6) is 0.111. The Bertz CT molecular complexity index is 269. The van der Waals surface area contributed by atoms with Crippen LogP contribution in [0.5, 0.6) is 0 Å². The van der Waals surface area contributed by atoms with Gasteiger partial charge < -0.3 is 14.8 Å². The quantitative estimate of drug-likeness (QED) is 0.513. The Morgan fingerprint density at radius 1 is 1.12 bits per heavy atom. The van der Waals surface area contributed by atoms with Crippen LogP contribution in [0.3, 0.4) is 0 Å². The zero-order valence-corrected chi connectivity index (χ0v) is 11.8. The van der Waals surface area contributed by atoms with Crippen molar-refractivity contribution in [3.05, 3.63) is 0 Å². The van der Waals surface area contributed by atoms with Gasteiger partial charge in [-0.3, -0.25) is 0 Å². The SMILES string of the molecule is CNCCS(=O)(=O)N(CCCOC)CCOC. The second-order valence-electron chi connectivity index (χ2n) is 3.66. The van der Waals surface area contributed by atoms with Gasteiger partial charge in [-0.05, 0) is 13.5 Å². The third kappa shape index (κ3) is 7.67. The number of nitrogens with one attached hydrogen (secondary N) is 1. The van der Waals surface area contributed by atoms with E-state index in [9.17, 15) is 8.42 Å². The molecule has 0 aliphatic rings. The average molecular weight is 268 g/mol. The molecular weight excluding hydrogens is 244 g/mol. The molecule has 0 rings (SSSR count). The molecule has 0 aliphatic carbocycles. The molecule has 0 bridgehead atoms. The number of rotatable bonds is 11. The van der Waals surface area contributed by atoms with Crippen molar-refractivity contribution in [3.63, 3.8) is 0 Å². The van der Waals surface area contributed by atoms with E-state index in [1.807, 2.05) is 0 Å². The third-order valence-corrected chi connectivity index (χ3v) is 4.18. The molecule has 0 aromatic carbocycles. The van der Waals surface area contributed by atoms with Gasteiger partial charge in [-0.15, -0.1) is 0 Å². The summed E-state index contributed by atoms with van der Waals surface area (Å²) in [4.78, 5) is 0. The minimum absolute atomic E-state index is 0.111. The Hall–Kier alpha value is -0.210. The summed E-state index contributed by atoms with van der Waals surface area (Å²) in [7, 11) is 1.70. The Balaban J connectivity index is 4.31. The van der Waals surface area contributed by atoms with E-state index in [1.54, 1.807) is 21.3 Å². The molecule has 0 spiro atoms. The fraction of sp³-hybridized carbons (Fsp3) is 1.00. The predicted molar refractivity (Wildman–Crippen MR) is 67.7 cm³/mol. The van der Waals surface area contributed by atoms with E-state index in [0.717, 1.165) is 0 Å². The first kappa shape index (κ1) is 16.8. The first-order chi connectivity index (χ1) is 8.08. The topological polar surface area (TPSA) is 67.9 Å². The molecule has 104 valence electrons. The van der Waals surface area contributed by atoms with Crippen LogP contribution in [0.2, 0.25) is 0 Å². The lowest BCUT2D eigenvalue weighted by Crippen LogP contribution is -2.38. The maximum absolute atomic E-state index is 12.0. The number of ether oxygens (including phenoxy) is 2. The number of nitrogens with zero attached hydrogens (tertiary/aromatic N) is 1. The molecule has 1 N–H and O–H groups in total. The maximum atomic E-state index is 12.0. The molecule has 0 fully saturated rings. The summed E-state index contributed by atoms with van der Waals surface area (Å²) >= 11 is 0. The highest BCUT2D eigenvalue weighted by Gasteiger charge is 2.20. The number of sulfonamides is 1. The smallest absolute Gasteiger partial charge is 0.215 e. The Labute approximate surface area is 104 Å². The van der Waals surface area contributed by atoms with Crippen molar-refractivity contribution in [1.29, 1.82) is 0 Å². The zero-order valence-electron chi connectivity index (χ0n) is 10.9. The van der Waals surface area contributed by atoms with E-state index in [-0.39, 0.29) is 5.75 Å². The summed E-state index contributed by atoms with van der Waals surface area (Å²) in [6, 6.07) is 0. The predicted octanol–water partition coefficient (Wildman–Crippen LogP) is -0.479. The van der Waals surface area contributed by atoms with Crippen LogP contribution in [0.25, 0.3) is 0 Å². The van der Waals surface area contributed by atoms with Crippen molar-refractivity contribution in [2.24, 2.45) is 0 Å². The summed E-state index contributed by atoms with van der Waals surface area (Å²) in [5, 5.41) is 2.84. The summed E-state index contributed by atoms with van der Waals surface area (Å²) in [5.41, 5.74) is 0. The van der Waals surface area contributed by atoms with Gasteiger partial charge >= 0.3 is 0 Å². The van der Waals surface area contributed by atoms with Crippen LogP contribution in [0.15, 0.2) is 0 Å². The Kier molecular flexibility index (Phi) is 9.66. The van der Waals surface area contributed by atoms with Crippen molar-refractivity contribution in [2.75, 3.05) is 59.9 Å². The second-order valence-corrected chi connectivity index (χ2v) is 5.75. The van der Waals surface area contributed by atoms with Crippen LogP contribution in [0.4, 0.5) is 0 Å². The van der Waals surface area contributed by atoms with Gasteiger partial charge in [-0.1, -0.05) is 0 Å². The Morgan fingerprint density at radius 2 is 1.76 bits per heavy atom. The summed E-state index contributed by atoms with van der Waals surface area (Å²) in [6.07, 6.45) is 0.693. The standard InChI is InChI=1S/C10H24N2O4S/c1-11-5-10-17(13,14)12(7-9-16-3)6-4-8-15-2/h11H,4-10H2,1-3H3. The minimum Gasteiger partial charge on any atom is -0.385 e. The van der Waals surface area contributed by atoms with Crippen LogP contribution in [0, 0.1) is 0 Å². The van der Waals surface area contributed by atoms with Gasteiger partial charge in [-0.2, -0.15) is 4.31 Å². The molecule has 0 aromatic heterocycles. The van der Waals surface area contributed by atoms with Crippen LogP contribution in [-0.2, 0) is 19.5 Å². The van der Waals surface area contributed by atoms with Gasteiger partial charge in [0, 0.05) is 40.5 Å². The van der Waals surface area contributed by atoms with Crippen molar-refractivity contribution in [2.45, 2.75) is 6.42 Å². The fourth-order valence-electron chi connectivity index (χ4n) is 1.33. The lowest BCUT2D eigenvalue weighted by Gasteiger charge is -2.21. The highest BCUT2D eigenvalue weighted by atomic mass is 32.2. The second kappa shape index (κ2) is 9.78. The monoisotopic (exact) mass is 268 g/mol. The van der Waals surface area contributed by atoms with Gasteiger partial charge in [0.2, 0.25) is 10.0 Å². The van der Waals surface area contributed by atoms with Gasteiger partial charge in [-0.25, -0.2) is 8.42 Å². The highest BCUT2D eigenvalue weighted by Crippen LogP contribution is 2.03. The van der Waals surface area contributed by atoms with Gasteiger partial charge in [0.1, 0.15) is 0 Å². The summed E-state index contributed by atoms with van der Waals surface area (Å²) in [6.45, 7) is 2.29. The third-order valence-electron chi connectivity index (χ3n) is 2.30. The number of hydrogen-bond donors (Lipinski definition) is 1. The van der Waals surface area contributed by atoms with Gasteiger partial charge in [0.25, 0.3) is 0 Å². The molecule has 0 atom stereocenters. The number of methoxy groups -OCH3 is 2. The van der Waals surface area contributed by atoms with Crippen molar-refractivity contribution < 1.29 is 17.9 Å². The lowest BCUT2D eigenvalue weighted by molar-refractivity contribution is 0.164. The molecule has 0 aromatic rings. The molecule has 17 heavy (non-hydrogen) atoms. The first-order valence-corrected chi connectivity index (χ1v) is 7.29. The van der Waals surface area contributed by atoms with Gasteiger partial charge in [0.05, 0.1) is 12.4 Å². The normalized spacial score (nSPS) is 12.2. The van der Waals surface area contributed by atoms with E-state index in [0.29, 0.717) is 39.3 Å². The summed E-state index contributed by atoms with van der Waals surface area (Å²) < 4.78 is 35.3. The zero-order chi connectivity index (χ0) is 13.1. The van der Waals surface area contributed by atoms with Gasteiger partial charge in [0.15, 0.2) is 0 Å². The first-order valence-electron chi connectivity index (χ1n) is 5.68. The molecule has 6 nitrogen and oxygen atoms in total. The Morgan fingerprint density at radius 3 is 2.29 bits per heavy atom. The van der Waals surface area contributed by atoms with E-state index in [1.165, 1.54) is 4.31 Å². The molecule has 0 aliphatic heterocycles. The molecule has 7 heteroatoms. The highest BCUT2D eigenvalue weighted by molar-refractivity contribution is 7.89. The number of hydrogen-bond acceptors (Lipinski definition) is 5. The van der Waals surface area contributed by atoms with E-state index in [2.05, 4.69) is 5.32 Å². The lowest BCUT2D eigenvalue weighted by atomic mass is 10.4. The molecule has 0 amide bonds. The van der Waals surface area contributed by atoms with Crippen LogP contribution >= 0.6 is 0 Å². The van der Waals surface area contributed by atoms with E-state index >= 15 is 0 Å². The molecule has 0 heterocycles. The minimum atomic E-state index is -3.20. The van der Waals surface area contributed by atoms with Crippen LogP contribution in [0.1, 0.15) is 6.42 Å². The van der Waals surface area contributed by atoms with Crippen molar-refractivity contribution in [1.82, 2.24) is 9.62 Å². The van der Waals surface area contributed by atoms with Crippen molar-refractivity contribution in [3.8, 4) is 0 Å². The molecule has 0 radical (unpaired) electrons. The maximum Gasteiger partial charge on any atom is 0.215 e. The largest absolute Gasteiger partial charge is 0.385 e. The van der Waals surface area contributed by atoms with E-state index < -0.39 is 10.0 Å². The van der Waals surface area contributed by atoms with Crippen LogP contribution < -0.4 is 5.32 Å². The van der Waals surface area contributed by atoms with E-state index in [4.69, 9.17) is 9.47 Å². The molecule has 0 saturated carbocycles. The average Bonchev–Trinajstić information content (AvgIpc) is 2.31. The molecular formula is C10H24N2O4S. The fourth-order valence-corrected chi connectivity index (χ4v) is 2.81. The van der Waals surface area contributed by atoms with Crippen LogP contribution in [-0.4, -0.2) is 72.6 Å².